The molecule has 0 saturated carbocycles. The Morgan fingerprint density at radius 3 is 1.03 bits per heavy atom. The van der Waals surface area contributed by atoms with Gasteiger partial charge in [-0.3, -0.25) is 0 Å². The van der Waals surface area contributed by atoms with Gasteiger partial charge in [-0.25, -0.2) is 29.9 Å². The van der Waals surface area contributed by atoms with Crippen LogP contribution in [-0.4, -0.2) is 29.9 Å². The minimum absolute atomic E-state index is 0.691. The summed E-state index contributed by atoms with van der Waals surface area (Å²) in [7, 11) is 0. The molecular formula is C122H76N6S. The van der Waals surface area contributed by atoms with Crippen LogP contribution in [0.25, 0.3) is 253 Å². The Morgan fingerprint density at radius 1 is 0.155 bits per heavy atom. The van der Waals surface area contributed by atoms with Crippen molar-refractivity contribution in [2.24, 2.45) is 0 Å². The van der Waals surface area contributed by atoms with Gasteiger partial charge in [0.05, 0.1) is 45.2 Å². The van der Waals surface area contributed by atoms with Crippen molar-refractivity contribution >= 4 is 118 Å². The number of nitrogens with zero attached hydrogens (tertiary/aromatic N) is 6. The second kappa shape index (κ2) is 32.4. The summed E-state index contributed by atoms with van der Waals surface area (Å²) >= 11 is 1.87. The highest BCUT2D eigenvalue weighted by Crippen LogP contribution is 2.46. The highest BCUT2D eigenvalue weighted by atomic mass is 32.1. The maximum atomic E-state index is 5.45. The summed E-state index contributed by atoms with van der Waals surface area (Å²) in [6.07, 6.45) is 0. The summed E-state index contributed by atoms with van der Waals surface area (Å²) in [4.78, 5) is 31.4. The standard InChI is InChI=1S/C63H39N3S.C59H37N3/c1-3-14-40(15-4-1)45-19-12-22-49(37-45)58-39-57(65-63(66-58)44-17-5-2-6-18-44)42-28-30-43(31-29-42)61-54-34-32-41-16-7-8-23-50(41)60(54)55-38-47(33-35-56(55)64-61)46-20-11-21-48(36-46)51-25-13-26-53-52-24-9-10-27-59(52)67-62(51)53;1-2-10-38(11-3-1)48-31-33-54-53(36-48)57-51-17-9-8-14-43(51)30-32-52(57)58(60-54)45-26-20-42(21-27-45)41-18-24-44(25-19-41)55-37-56(49-28-22-39-12-4-6-15-46(39)34-49)62-59(61-55)50-29-23-40-13-5-7-16-47(40)35-50/h1-39H;1-37H. The van der Waals surface area contributed by atoms with Crippen LogP contribution in [0.5, 0.6) is 0 Å². The monoisotopic (exact) mass is 1660 g/mol. The molecule has 0 aliphatic heterocycles. The highest BCUT2D eigenvalue weighted by molar-refractivity contribution is 7.26. The van der Waals surface area contributed by atoms with Crippen LogP contribution >= 0.6 is 11.3 Å². The third-order valence-electron chi connectivity index (χ3n) is 25.3. The molecule has 0 spiro atoms. The van der Waals surface area contributed by atoms with Gasteiger partial charge < -0.3 is 0 Å². The molecule has 129 heavy (non-hydrogen) atoms. The molecule has 0 N–H and O–H groups in total. The summed E-state index contributed by atoms with van der Waals surface area (Å²) in [6, 6.07) is 164. The van der Waals surface area contributed by atoms with Crippen molar-refractivity contribution in [1.29, 1.82) is 0 Å². The topological polar surface area (TPSA) is 77.3 Å². The number of pyridine rings is 2. The fourth-order valence-corrected chi connectivity index (χ4v) is 20.0. The molecule has 5 aromatic heterocycles. The van der Waals surface area contributed by atoms with E-state index >= 15 is 0 Å². The summed E-state index contributed by atoms with van der Waals surface area (Å²) in [5.74, 6) is 1.39. The van der Waals surface area contributed by atoms with Gasteiger partial charge in [-0.05, 0) is 165 Å². The average Bonchev–Trinajstić information content (AvgIpc) is 1.39. The molecule has 5 heterocycles. The lowest BCUT2D eigenvalue weighted by Gasteiger charge is -2.15. The maximum absolute atomic E-state index is 5.45. The summed E-state index contributed by atoms with van der Waals surface area (Å²) < 4.78 is 2.64. The molecule has 0 aliphatic rings. The Hall–Kier alpha value is -16.8. The van der Waals surface area contributed by atoms with Gasteiger partial charge in [0.25, 0.3) is 0 Å². The van der Waals surface area contributed by atoms with Crippen LogP contribution < -0.4 is 0 Å². The molecule has 0 fully saturated rings. The first-order chi connectivity index (χ1) is 63.9. The lowest BCUT2D eigenvalue weighted by molar-refractivity contribution is 1.18. The number of benzene rings is 20. The van der Waals surface area contributed by atoms with E-state index in [1.165, 1.54) is 102 Å². The van der Waals surface area contributed by atoms with Crippen LogP contribution in [0.1, 0.15) is 0 Å². The Labute approximate surface area is 749 Å². The normalized spacial score (nSPS) is 11.6. The zero-order valence-corrected chi connectivity index (χ0v) is 70.8. The van der Waals surface area contributed by atoms with Crippen LogP contribution in [0, 0.1) is 0 Å². The minimum Gasteiger partial charge on any atom is -0.247 e. The molecule has 7 heteroatoms. The Bertz CT molecular complexity index is 8620. The summed E-state index contributed by atoms with van der Waals surface area (Å²) in [6.45, 7) is 0. The highest BCUT2D eigenvalue weighted by Gasteiger charge is 2.22. The zero-order chi connectivity index (χ0) is 85.2. The SMILES string of the molecule is c1ccc(-c2ccc3nc(-c4ccc(-c5ccc(-c6cc(-c7ccc8ccccc8c7)nc(-c7ccc8ccccc8c7)n6)cc5)cc4)c4ccc5ccccc5c4c3c2)cc1.c1ccc(-c2cccc(-c3cc(-c4ccc(-c5nc6ccc(-c7cccc(-c8cccc9c8sc8ccccc89)c7)cc6c6c5ccc5ccccc56)cc4)nc(-c4ccccc4)n3)c2)cc1. The molecule has 25 rings (SSSR count). The number of rotatable bonds is 13. The molecule has 0 atom stereocenters. The van der Waals surface area contributed by atoms with E-state index in [-0.39, 0.29) is 0 Å². The van der Waals surface area contributed by atoms with Crippen molar-refractivity contribution in [2.45, 2.75) is 0 Å². The van der Waals surface area contributed by atoms with Crippen molar-refractivity contribution in [1.82, 2.24) is 29.9 Å². The molecule has 0 saturated heterocycles. The lowest BCUT2D eigenvalue weighted by Crippen LogP contribution is -1.96. The first kappa shape index (κ1) is 75.9. The number of hydrogen-bond acceptors (Lipinski definition) is 7. The number of hydrogen-bond donors (Lipinski definition) is 0. The van der Waals surface area contributed by atoms with E-state index in [1.54, 1.807) is 0 Å². The Kier molecular flexibility index (Phi) is 19.0. The molecule has 0 unspecified atom stereocenters. The molecule has 600 valence electrons. The molecule has 0 aliphatic carbocycles. The predicted molar refractivity (Wildman–Crippen MR) is 543 cm³/mol. The van der Waals surface area contributed by atoms with Crippen LogP contribution in [-0.2, 0) is 0 Å². The van der Waals surface area contributed by atoms with Crippen molar-refractivity contribution in [3.8, 4) is 146 Å². The van der Waals surface area contributed by atoms with Crippen LogP contribution in [0.15, 0.2) is 461 Å². The molecule has 0 radical (unpaired) electrons. The van der Waals surface area contributed by atoms with Crippen LogP contribution in [0.2, 0.25) is 0 Å². The van der Waals surface area contributed by atoms with Gasteiger partial charge >= 0.3 is 0 Å². The van der Waals surface area contributed by atoms with E-state index in [0.29, 0.717) is 11.6 Å². The van der Waals surface area contributed by atoms with Crippen LogP contribution in [0.3, 0.4) is 0 Å². The van der Waals surface area contributed by atoms with E-state index in [9.17, 15) is 0 Å². The molecule has 0 bridgehead atoms. The van der Waals surface area contributed by atoms with E-state index in [0.717, 1.165) is 139 Å². The van der Waals surface area contributed by atoms with Gasteiger partial charge in [0.2, 0.25) is 0 Å². The quantitative estimate of drug-likeness (QED) is 0.107. The van der Waals surface area contributed by atoms with Gasteiger partial charge in [-0.2, -0.15) is 0 Å². The van der Waals surface area contributed by atoms with E-state index in [4.69, 9.17) is 29.9 Å². The van der Waals surface area contributed by atoms with Gasteiger partial charge in [0, 0.05) is 97.0 Å². The third-order valence-corrected chi connectivity index (χ3v) is 26.5. The Balaban J connectivity index is 0.000000144. The average molecular weight is 1660 g/mol. The summed E-state index contributed by atoms with van der Waals surface area (Å²) in [5.41, 5.74) is 27.4. The minimum atomic E-state index is 0.691. The number of aromatic nitrogens is 6. The van der Waals surface area contributed by atoms with Crippen molar-refractivity contribution < 1.29 is 0 Å². The smallest absolute Gasteiger partial charge is 0.160 e. The predicted octanol–water partition coefficient (Wildman–Crippen LogP) is 33.0. The first-order valence-corrected chi connectivity index (χ1v) is 44.6. The number of thiophene rings is 1. The van der Waals surface area contributed by atoms with E-state index in [1.807, 2.05) is 35.6 Å². The molecule has 6 nitrogen and oxygen atoms in total. The molecular weight excluding hydrogens is 1580 g/mol. The fourth-order valence-electron chi connectivity index (χ4n) is 18.8. The maximum Gasteiger partial charge on any atom is 0.160 e. The molecule has 20 aromatic carbocycles. The van der Waals surface area contributed by atoms with Crippen molar-refractivity contribution in [3.05, 3.63) is 461 Å². The van der Waals surface area contributed by atoms with Gasteiger partial charge in [0.15, 0.2) is 11.6 Å². The zero-order valence-electron chi connectivity index (χ0n) is 70.0. The van der Waals surface area contributed by atoms with Crippen molar-refractivity contribution in [3.63, 3.8) is 0 Å². The Morgan fingerprint density at radius 2 is 0.488 bits per heavy atom. The third kappa shape index (κ3) is 14.3. The van der Waals surface area contributed by atoms with Gasteiger partial charge in [-0.1, -0.05) is 394 Å². The molecule has 0 amide bonds. The largest absolute Gasteiger partial charge is 0.247 e. The summed E-state index contributed by atoms with van der Waals surface area (Å²) in [5, 5.41) is 19.3. The lowest BCUT2D eigenvalue weighted by atomic mass is 9.92. The van der Waals surface area contributed by atoms with Crippen molar-refractivity contribution in [2.75, 3.05) is 0 Å². The van der Waals surface area contributed by atoms with Gasteiger partial charge in [0.1, 0.15) is 0 Å². The second-order valence-electron chi connectivity index (χ2n) is 33.1. The van der Waals surface area contributed by atoms with Crippen LogP contribution in [0.4, 0.5) is 0 Å². The van der Waals surface area contributed by atoms with E-state index < -0.39 is 0 Å². The number of fused-ring (bicyclic) bond motifs is 15. The first-order valence-electron chi connectivity index (χ1n) is 43.7. The van der Waals surface area contributed by atoms with Gasteiger partial charge in [-0.15, -0.1) is 11.3 Å². The fraction of sp³-hybridized carbons (Fsp3) is 0. The van der Waals surface area contributed by atoms with E-state index in [2.05, 4.69) is 437 Å². The molecule has 25 aromatic rings. The second-order valence-corrected chi connectivity index (χ2v) is 34.2.